The molecule has 0 aliphatic carbocycles. The van der Waals surface area contributed by atoms with Gasteiger partial charge in [-0.15, -0.1) is 0 Å². The molecule has 0 bridgehead atoms. The van der Waals surface area contributed by atoms with E-state index in [1.165, 1.54) is 12.3 Å². The molecule has 1 unspecified atom stereocenters. The predicted octanol–water partition coefficient (Wildman–Crippen LogP) is 2.13. The van der Waals surface area contributed by atoms with E-state index in [-0.39, 0.29) is 0 Å². The Balaban J connectivity index is 2.36. The minimum atomic E-state index is 0.357. The van der Waals surface area contributed by atoms with Gasteiger partial charge in [-0.3, -0.25) is 0 Å². The van der Waals surface area contributed by atoms with E-state index in [9.17, 15) is 0 Å². The van der Waals surface area contributed by atoms with Crippen LogP contribution in [0.4, 0.5) is 0 Å². The van der Waals surface area contributed by atoms with Crippen molar-refractivity contribution in [1.29, 1.82) is 0 Å². The number of thioether (sulfide) groups is 1. The summed E-state index contributed by atoms with van der Waals surface area (Å²) in [4.78, 5) is 0. The minimum Gasteiger partial charge on any atom is -0.310 e. The average molecular weight is 173 g/mol. The quantitative estimate of drug-likeness (QED) is 0.652. The molecule has 0 aromatic carbocycles. The molecule has 1 heterocycles. The molecular weight excluding hydrogens is 154 g/mol. The monoisotopic (exact) mass is 173 g/mol. The highest BCUT2D eigenvalue weighted by Gasteiger charge is 2.27. The van der Waals surface area contributed by atoms with Crippen LogP contribution < -0.4 is 5.32 Å². The molecule has 1 saturated heterocycles. The Morgan fingerprint density at radius 2 is 2.09 bits per heavy atom. The van der Waals surface area contributed by atoms with Gasteiger partial charge in [0.2, 0.25) is 0 Å². The number of hydrogen-bond acceptors (Lipinski definition) is 2. The van der Waals surface area contributed by atoms with Crippen LogP contribution >= 0.6 is 11.8 Å². The topological polar surface area (TPSA) is 12.0 Å². The highest BCUT2D eigenvalue weighted by atomic mass is 32.2. The summed E-state index contributed by atoms with van der Waals surface area (Å²) in [5.41, 5.74) is 0.357. The molecule has 0 saturated carbocycles. The third kappa shape index (κ3) is 2.68. The molecule has 0 amide bonds. The van der Waals surface area contributed by atoms with Gasteiger partial charge in [0.1, 0.15) is 0 Å². The van der Waals surface area contributed by atoms with Crippen molar-refractivity contribution in [1.82, 2.24) is 5.32 Å². The number of nitrogens with one attached hydrogen (secondary N) is 1. The molecule has 1 atom stereocenters. The SMILES string of the molecule is CC(C)C1CNC(C)(C)CS1. The normalized spacial score (nSPS) is 30.8. The van der Waals surface area contributed by atoms with E-state index in [4.69, 9.17) is 0 Å². The van der Waals surface area contributed by atoms with Crippen molar-refractivity contribution in [3.8, 4) is 0 Å². The first kappa shape index (κ1) is 9.40. The summed E-state index contributed by atoms with van der Waals surface area (Å²) in [6.45, 7) is 10.3. The van der Waals surface area contributed by atoms with E-state index >= 15 is 0 Å². The van der Waals surface area contributed by atoms with E-state index in [1.807, 2.05) is 0 Å². The number of hydrogen-bond donors (Lipinski definition) is 1. The fraction of sp³-hybridized carbons (Fsp3) is 1.00. The van der Waals surface area contributed by atoms with Gasteiger partial charge in [-0.05, 0) is 19.8 Å². The Kier molecular flexibility index (Phi) is 2.87. The highest BCUT2D eigenvalue weighted by molar-refractivity contribution is 8.00. The second-order valence-electron chi connectivity index (χ2n) is 4.36. The molecule has 0 aromatic rings. The molecule has 66 valence electrons. The van der Waals surface area contributed by atoms with Crippen molar-refractivity contribution in [2.24, 2.45) is 5.92 Å². The maximum absolute atomic E-state index is 3.57. The maximum Gasteiger partial charge on any atom is 0.0216 e. The van der Waals surface area contributed by atoms with Crippen LogP contribution in [-0.4, -0.2) is 23.1 Å². The van der Waals surface area contributed by atoms with E-state index < -0.39 is 0 Å². The van der Waals surface area contributed by atoms with Gasteiger partial charge in [-0.2, -0.15) is 11.8 Å². The van der Waals surface area contributed by atoms with Crippen molar-refractivity contribution < 1.29 is 0 Å². The van der Waals surface area contributed by atoms with Crippen LogP contribution in [-0.2, 0) is 0 Å². The largest absolute Gasteiger partial charge is 0.310 e. The Morgan fingerprint density at radius 3 is 2.45 bits per heavy atom. The van der Waals surface area contributed by atoms with E-state index in [2.05, 4.69) is 44.8 Å². The fourth-order valence-electron chi connectivity index (χ4n) is 1.23. The van der Waals surface area contributed by atoms with Crippen LogP contribution in [0.1, 0.15) is 27.7 Å². The van der Waals surface area contributed by atoms with Gasteiger partial charge in [0.25, 0.3) is 0 Å². The maximum atomic E-state index is 3.57. The Labute approximate surface area is 74.3 Å². The molecule has 11 heavy (non-hydrogen) atoms. The average Bonchev–Trinajstić information content (AvgIpc) is 1.86. The van der Waals surface area contributed by atoms with Gasteiger partial charge in [-0.25, -0.2) is 0 Å². The molecule has 0 aromatic heterocycles. The van der Waals surface area contributed by atoms with Crippen LogP contribution in [0.25, 0.3) is 0 Å². The van der Waals surface area contributed by atoms with Crippen LogP contribution in [0, 0.1) is 5.92 Å². The lowest BCUT2D eigenvalue weighted by Gasteiger charge is -2.36. The molecule has 1 fully saturated rings. The second kappa shape index (κ2) is 3.36. The van der Waals surface area contributed by atoms with Gasteiger partial charge < -0.3 is 5.32 Å². The van der Waals surface area contributed by atoms with Crippen molar-refractivity contribution in [3.63, 3.8) is 0 Å². The van der Waals surface area contributed by atoms with Crippen molar-refractivity contribution in [2.75, 3.05) is 12.3 Å². The standard InChI is InChI=1S/C9H19NS/c1-7(2)8-5-10-9(3,4)6-11-8/h7-8,10H,5-6H2,1-4H3. The molecule has 0 spiro atoms. The first-order chi connectivity index (χ1) is 5.01. The summed E-state index contributed by atoms with van der Waals surface area (Å²) in [6.07, 6.45) is 0. The Bertz CT molecular complexity index is 122. The molecular formula is C9H19NS. The van der Waals surface area contributed by atoms with E-state index in [0.29, 0.717) is 5.54 Å². The fourth-order valence-corrected chi connectivity index (χ4v) is 2.55. The molecule has 2 heteroatoms. The highest BCUT2D eigenvalue weighted by Crippen LogP contribution is 2.27. The molecule has 0 radical (unpaired) electrons. The molecule has 1 aliphatic rings. The molecule has 1 aliphatic heterocycles. The second-order valence-corrected chi connectivity index (χ2v) is 5.59. The van der Waals surface area contributed by atoms with Gasteiger partial charge in [0.05, 0.1) is 0 Å². The van der Waals surface area contributed by atoms with Gasteiger partial charge in [-0.1, -0.05) is 13.8 Å². The lowest BCUT2D eigenvalue weighted by Crippen LogP contribution is -2.50. The summed E-state index contributed by atoms with van der Waals surface area (Å²) >= 11 is 2.12. The third-order valence-corrected chi connectivity index (χ3v) is 4.21. The van der Waals surface area contributed by atoms with Crippen molar-refractivity contribution in [3.05, 3.63) is 0 Å². The van der Waals surface area contributed by atoms with Crippen LogP contribution in [0.15, 0.2) is 0 Å². The van der Waals surface area contributed by atoms with E-state index in [0.717, 1.165) is 11.2 Å². The summed E-state index contributed by atoms with van der Waals surface area (Å²) in [5, 5.41) is 4.39. The number of rotatable bonds is 1. The first-order valence-corrected chi connectivity index (χ1v) is 5.43. The molecule has 1 nitrogen and oxygen atoms in total. The zero-order chi connectivity index (χ0) is 8.48. The third-order valence-electron chi connectivity index (χ3n) is 2.18. The van der Waals surface area contributed by atoms with Crippen LogP contribution in [0.5, 0.6) is 0 Å². The van der Waals surface area contributed by atoms with Crippen molar-refractivity contribution in [2.45, 2.75) is 38.5 Å². The smallest absolute Gasteiger partial charge is 0.0216 e. The van der Waals surface area contributed by atoms with Crippen molar-refractivity contribution >= 4 is 11.8 Å². The minimum absolute atomic E-state index is 0.357. The van der Waals surface area contributed by atoms with Gasteiger partial charge in [0.15, 0.2) is 0 Å². The van der Waals surface area contributed by atoms with Crippen LogP contribution in [0.3, 0.4) is 0 Å². The lowest BCUT2D eigenvalue weighted by molar-refractivity contribution is 0.397. The summed E-state index contributed by atoms with van der Waals surface area (Å²) in [5.74, 6) is 2.05. The summed E-state index contributed by atoms with van der Waals surface area (Å²) in [6, 6.07) is 0. The Hall–Kier alpha value is 0.310. The first-order valence-electron chi connectivity index (χ1n) is 4.38. The van der Waals surface area contributed by atoms with E-state index in [1.54, 1.807) is 0 Å². The predicted molar refractivity (Wildman–Crippen MR) is 53.2 cm³/mol. The van der Waals surface area contributed by atoms with Gasteiger partial charge in [0, 0.05) is 23.1 Å². The molecule has 1 rings (SSSR count). The zero-order valence-electron chi connectivity index (χ0n) is 7.98. The van der Waals surface area contributed by atoms with Gasteiger partial charge >= 0.3 is 0 Å². The zero-order valence-corrected chi connectivity index (χ0v) is 8.79. The van der Waals surface area contributed by atoms with Crippen LogP contribution in [0.2, 0.25) is 0 Å². The summed E-state index contributed by atoms with van der Waals surface area (Å²) < 4.78 is 0. The Morgan fingerprint density at radius 1 is 1.45 bits per heavy atom. The summed E-state index contributed by atoms with van der Waals surface area (Å²) in [7, 11) is 0. The molecule has 1 N–H and O–H groups in total. The lowest BCUT2D eigenvalue weighted by atomic mass is 10.1.